The lowest BCUT2D eigenvalue weighted by atomic mass is 10.1. The van der Waals surface area contributed by atoms with Crippen molar-refractivity contribution in [3.8, 4) is 11.5 Å². The molecule has 0 radical (unpaired) electrons. The van der Waals surface area contributed by atoms with Crippen LogP contribution in [0.3, 0.4) is 0 Å². The second kappa shape index (κ2) is 9.11. The minimum atomic E-state index is -0.104. The SMILES string of the molecule is COCCNC(=O)c1ccnc(N2CCN(Cc3ccc4c(c3)OCO4)CC2)c1. The largest absolute Gasteiger partial charge is 0.454 e. The van der Waals surface area contributed by atoms with Gasteiger partial charge in [0.05, 0.1) is 6.61 Å². The van der Waals surface area contributed by atoms with E-state index in [2.05, 4.69) is 32.2 Å². The number of carbonyl (C=O) groups excluding carboxylic acids is 1. The first-order chi connectivity index (χ1) is 14.2. The fourth-order valence-corrected chi connectivity index (χ4v) is 3.53. The van der Waals surface area contributed by atoms with Crippen molar-refractivity contribution in [2.75, 3.05) is 58.1 Å². The first-order valence-corrected chi connectivity index (χ1v) is 9.82. The molecule has 1 aromatic carbocycles. The lowest BCUT2D eigenvalue weighted by molar-refractivity contribution is 0.0937. The van der Waals surface area contributed by atoms with E-state index < -0.39 is 0 Å². The van der Waals surface area contributed by atoms with Gasteiger partial charge >= 0.3 is 0 Å². The Balaban J connectivity index is 1.31. The van der Waals surface area contributed by atoms with Crippen LogP contribution in [0.1, 0.15) is 15.9 Å². The maximum atomic E-state index is 12.3. The van der Waals surface area contributed by atoms with Gasteiger partial charge in [0, 0.05) is 58.1 Å². The van der Waals surface area contributed by atoms with Crippen LogP contribution < -0.4 is 19.7 Å². The summed E-state index contributed by atoms with van der Waals surface area (Å²) in [5, 5.41) is 2.84. The van der Waals surface area contributed by atoms with Gasteiger partial charge in [-0.25, -0.2) is 4.98 Å². The number of fused-ring (bicyclic) bond motifs is 1. The zero-order valence-corrected chi connectivity index (χ0v) is 16.6. The van der Waals surface area contributed by atoms with Crippen molar-refractivity contribution in [1.29, 1.82) is 0 Å². The molecular weight excluding hydrogens is 372 g/mol. The highest BCUT2D eigenvalue weighted by Crippen LogP contribution is 2.32. The summed E-state index contributed by atoms with van der Waals surface area (Å²) < 4.78 is 15.8. The van der Waals surface area contributed by atoms with Crippen molar-refractivity contribution in [3.05, 3.63) is 47.7 Å². The molecule has 2 aliphatic heterocycles. The number of nitrogens with one attached hydrogen (secondary N) is 1. The van der Waals surface area contributed by atoms with Gasteiger partial charge in [0.25, 0.3) is 5.91 Å². The van der Waals surface area contributed by atoms with Crippen molar-refractivity contribution in [3.63, 3.8) is 0 Å². The first-order valence-electron chi connectivity index (χ1n) is 9.82. The highest BCUT2D eigenvalue weighted by Gasteiger charge is 2.20. The van der Waals surface area contributed by atoms with Crippen LogP contribution in [0.2, 0.25) is 0 Å². The number of methoxy groups -OCH3 is 1. The Morgan fingerprint density at radius 2 is 1.97 bits per heavy atom. The maximum Gasteiger partial charge on any atom is 0.251 e. The molecule has 2 aliphatic rings. The second-order valence-corrected chi connectivity index (χ2v) is 7.10. The van der Waals surface area contributed by atoms with Gasteiger partial charge in [-0.3, -0.25) is 9.69 Å². The van der Waals surface area contributed by atoms with Crippen LogP contribution in [0.4, 0.5) is 5.82 Å². The maximum absolute atomic E-state index is 12.3. The Morgan fingerprint density at radius 3 is 2.79 bits per heavy atom. The predicted molar refractivity (Wildman–Crippen MR) is 109 cm³/mol. The van der Waals surface area contributed by atoms with Crippen LogP contribution in [-0.2, 0) is 11.3 Å². The number of ether oxygens (including phenoxy) is 3. The van der Waals surface area contributed by atoms with Gasteiger partial charge in [0.15, 0.2) is 11.5 Å². The summed E-state index contributed by atoms with van der Waals surface area (Å²) in [5.41, 5.74) is 1.84. The van der Waals surface area contributed by atoms with Gasteiger partial charge in [0.2, 0.25) is 6.79 Å². The van der Waals surface area contributed by atoms with E-state index in [0.717, 1.165) is 50.0 Å². The molecule has 0 atom stereocenters. The highest BCUT2D eigenvalue weighted by molar-refractivity contribution is 5.94. The van der Waals surface area contributed by atoms with E-state index in [1.54, 1.807) is 19.4 Å². The minimum absolute atomic E-state index is 0.104. The summed E-state index contributed by atoms with van der Waals surface area (Å²) in [5.74, 6) is 2.38. The fraction of sp³-hybridized carbons (Fsp3) is 0.429. The highest BCUT2D eigenvalue weighted by atomic mass is 16.7. The number of benzene rings is 1. The van der Waals surface area contributed by atoms with Crippen LogP contribution >= 0.6 is 0 Å². The predicted octanol–water partition coefficient (Wildman–Crippen LogP) is 1.51. The molecule has 0 bridgehead atoms. The molecule has 1 aromatic heterocycles. The van der Waals surface area contributed by atoms with Crippen molar-refractivity contribution in [1.82, 2.24) is 15.2 Å². The number of carbonyl (C=O) groups is 1. The van der Waals surface area contributed by atoms with E-state index >= 15 is 0 Å². The summed E-state index contributed by atoms with van der Waals surface area (Å²) >= 11 is 0. The summed E-state index contributed by atoms with van der Waals surface area (Å²) in [6, 6.07) is 9.72. The van der Waals surface area contributed by atoms with Crippen LogP contribution in [0.5, 0.6) is 11.5 Å². The zero-order valence-electron chi connectivity index (χ0n) is 16.6. The van der Waals surface area contributed by atoms with Crippen LogP contribution in [-0.4, -0.2) is 69.0 Å². The molecule has 1 N–H and O–H groups in total. The van der Waals surface area contributed by atoms with Crippen molar-refractivity contribution in [2.24, 2.45) is 0 Å². The Morgan fingerprint density at radius 1 is 1.14 bits per heavy atom. The van der Waals surface area contributed by atoms with E-state index in [4.69, 9.17) is 14.2 Å². The molecule has 8 heteroatoms. The van der Waals surface area contributed by atoms with Crippen molar-refractivity contribution < 1.29 is 19.0 Å². The average molecular weight is 398 g/mol. The molecule has 4 rings (SSSR count). The molecule has 1 fully saturated rings. The number of hydrogen-bond acceptors (Lipinski definition) is 7. The van der Waals surface area contributed by atoms with Gasteiger partial charge in [0.1, 0.15) is 5.82 Å². The molecular formula is C21H26N4O4. The lowest BCUT2D eigenvalue weighted by Crippen LogP contribution is -2.46. The number of piperazine rings is 1. The smallest absolute Gasteiger partial charge is 0.251 e. The zero-order chi connectivity index (χ0) is 20.1. The van der Waals surface area contributed by atoms with Crippen LogP contribution in [0.25, 0.3) is 0 Å². The quantitative estimate of drug-likeness (QED) is 0.709. The lowest BCUT2D eigenvalue weighted by Gasteiger charge is -2.35. The molecule has 2 aromatic rings. The number of hydrogen-bond donors (Lipinski definition) is 1. The van der Waals surface area contributed by atoms with Gasteiger partial charge < -0.3 is 24.4 Å². The van der Waals surface area contributed by atoms with E-state index in [1.807, 2.05) is 12.1 Å². The van der Waals surface area contributed by atoms with Crippen LogP contribution in [0.15, 0.2) is 36.5 Å². The number of pyridine rings is 1. The molecule has 29 heavy (non-hydrogen) atoms. The third kappa shape index (κ3) is 4.78. The summed E-state index contributed by atoms with van der Waals surface area (Å²) in [6.07, 6.45) is 1.69. The number of rotatable bonds is 7. The van der Waals surface area contributed by atoms with E-state index in [0.29, 0.717) is 25.5 Å². The Labute approximate surface area is 170 Å². The first kappa shape index (κ1) is 19.5. The molecule has 0 aliphatic carbocycles. The van der Waals surface area contributed by atoms with Gasteiger partial charge in [-0.1, -0.05) is 6.07 Å². The van der Waals surface area contributed by atoms with Crippen LogP contribution in [0, 0.1) is 0 Å². The third-order valence-corrected chi connectivity index (χ3v) is 5.14. The summed E-state index contributed by atoms with van der Waals surface area (Å²) in [4.78, 5) is 21.3. The van der Waals surface area contributed by atoms with E-state index in [1.165, 1.54) is 5.56 Å². The van der Waals surface area contributed by atoms with Gasteiger partial charge in [-0.15, -0.1) is 0 Å². The number of aromatic nitrogens is 1. The van der Waals surface area contributed by atoms with Crippen molar-refractivity contribution >= 4 is 11.7 Å². The number of nitrogens with zero attached hydrogens (tertiary/aromatic N) is 3. The van der Waals surface area contributed by atoms with E-state index in [-0.39, 0.29) is 5.91 Å². The minimum Gasteiger partial charge on any atom is -0.454 e. The number of amides is 1. The summed E-state index contributed by atoms with van der Waals surface area (Å²) in [7, 11) is 1.61. The normalized spacial score (nSPS) is 16.1. The Hall–Kier alpha value is -2.84. The molecule has 1 amide bonds. The average Bonchev–Trinajstić information content (AvgIpc) is 3.22. The molecule has 1 saturated heterocycles. The molecule has 0 unspecified atom stereocenters. The van der Waals surface area contributed by atoms with Gasteiger partial charge in [-0.2, -0.15) is 0 Å². The topological polar surface area (TPSA) is 76.2 Å². The molecule has 0 saturated carbocycles. The monoisotopic (exact) mass is 398 g/mol. The third-order valence-electron chi connectivity index (χ3n) is 5.14. The molecule has 154 valence electrons. The van der Waals surface area contributed by atoms with E-state index in [9.17, 15) is 4.79 Å². The standard InChI is InChI=1S/C21H26N4O4/c1-27-11-6-23-21(26)17-4-5-22-20(13-17)25-9-7-24(8-10-25)14-16-2-3-18-19(12-16)29-15-28-18/h2-5,12-13H,6-11,14-15H2,1H3,(H,23,26). The Kier molecular flexibility index (Phi) is 6.12. The Bertz CT molecular complexity index is 852. The molecule has 8 nitrogen and oxygen atoms in total. The summed E-state index contributed by atoms with van der Waals surface area (Å²) in [6.45, 7) is 5.76. The van der Waals surface area contributed by atoms with Crippen molar-refractivity contribution in [2.45, 2.75) is 6.54 Å². The molecule has 3 heterocycles. The fourth-order valence-electron chi connectivity index (χ4n) is 3.53. The van der Waals surface area contributed by atoms with Gasteiger partial charge in [-0.05, 0) is 29.8 Å². The molecule has 0 spiro atoms. The second-order valence-electron chi connectivity index (χ2n) is 7.10. The number of anilines is 1.